The summed E-state index contributed by atoms with van der Waals surface area (Å²) in [4.78, 5) is 0. The number of rotatable bonds is 6. The molecule has 3 nitrogen and oxygen atoms in total. The van der Waals surface area contributed by atoms with Crippen LogP contribution in [0, 0.1) is 5.41 Å². The summed E-state index contributed by atoms with van der Waals surface area (Å²) in [5.74, 6) is 0. The van der Waals surface area contributed by atoms with Crippen molar-refractivity contribution in [2.75, 3.05) is 26.8 Å². The molecule has 0 aromatic rings. The Morgan fingerprint density at radius 2 is 1.80 bits per heavy atom. The Labute approximate surface area is 99.0 Å². The molecule has 0 fully saturated rings. The Morgan fingerprint density at radius 3 is 2.33 bits per heavy atom. The third-order valence-corrected chi connectivity index (χ3v) is 2.26. The van der Waals surface area contributed by atoms with Crippen LogP contribution < -0.4 is 10.6 Å². The van der Waals surface area contributed by atoms with Crippen molar-refractivity contribution in [2.24, 2.45) is 5.41 Å². The van der Waals surface area contributed by atoms with Crippen molar-refractivity contribution in [3.8, 4) is 0 Å². The van der Waals surface area contributed by atoms with Gasteiger partial charge >= 0.3 is 0 Å². The van der Waals surface area contributed by atoms with Crippen molar-refractivity contribution in [1.82, 2.24) is 10.6 Å². The van der Waals surface area contributed by atoms with E-state index in [1.807, 2.05) is 0 Å². The van der Waals surface area contributed by atoms with E-state index in [4.69, 9.17) is 17.0 Å². The average molecular weight is 232 g/mol. The maximum Gasteiger partial charge on any atom is 0.166 e. The topological polar surface area (TPSA) is 33.3 Å². The minimum absolute atomic E-state index is 0.360. The minimum Gasteiger partial charge on any atom is -0.385 e. The summed E-state index contributed by atoms with van der Waals surface area (Å²) >= 11 is 5.13. The number of nitrogens with one attached hydrogen (secondary N) is 2. The van der Waals surface area contributed by atoms with Gasteiger partial charge in [0.2, 0.25) is 0 Å². The van der Waals surface area contributed by atoms with Crippen LogP contribution in [0.1, 0.15) is 33.6 Å². The first-order valence-corrected chi connectivity index (χ1v) is 5.87. The quantitative estimate of drug-likeness (QED) is 0.541. The highest BCUT2D eigenvalue weighted by Gasteiger charge is 2.09. The summed E-state index contributed by atoms with van der Waals surface area (Å²) in [5, 5.41) is 7.09. The van der Waals surface area contributed by atoms with Crippen LogP contribution in [0.4, 0.5) is 0 Å². The van der Waals surface area contributed by atoms with E-state index in [1.165, 1.54) is 0 Å². The second-order valence-corrected chi connectivity index (χ2v) is 5.25. The van der Waals surface area contributed by atoms with Crippen molar-refractivity contribution in [1.29, 1.82) is 0 Å². The van der Waals surface area contributed by atoms with E-state index in [0.717, 1.165) is 37.7 Å². The van der Waals surface area contributed by atoms with E-state index in [2.05, 4.69) is 31.4 Å². The molecule has 90 valence electrons. The van der Waals surface area contributed by atoms with Gasteiger partial charge in [-0.2, -0.15) is 0 Å². The molecule has 0 aliphatic carbocycles. The van der Waals surface area contributed by atoms with E-state index >= 15 is 0 Å². The molecule has 0 bridgehead atoms. The normalized spacial score (nSPS) is 11.2. The molecular weight excluding hydrogens is 208 g/mol. The molecular formula is C11H24N2OS. The Balaban J connectivity index is 3.34. The molecule has 0 aromatic carbocycles. The molecule has 0 amide bonds. The lowest BCUT2D eigenvalue weighted by molar-refractivity contribution is 0.195. The van der Waals surface area contributed by atoms with Crippen LogP contribution in [0.3, 0.4) is 0 Å². The molecule has 0 spiro atoms. The monoisotopic (exact) mass is 232 g/mol. The number of thiocarbonyl (C=S) groups is 1. The van der Waals surface area contributed by atoms with Crippen LogP contribution in [-0.4, -0.2) is 31.9 Å². The van der Waals surface area contributed by atoms with Crippen molar-refractivity contribution < 1.29 is 4.74 Å². The first kappa shape index (κ1) is 14.6. The zero-order valence-electron chi connectivity index (χ0n) is 10.4. The molecule has 0 radical (unpaired) electrons. The molecule has 4 heteroatoms. The number of ether oxygens (including phenoxy) is 1. The Kier molecular flexibility index (Phi) is 7.70. The van der Waals surface area contributed by atoms with Gasteiger partial charge in [-0.1, -0.05) is 20.8 Å². The fourth-order valence-corrected chi connectivity index (χ4v) is 1.24. The molecule has 0 aromatic heterocycles. The summed E-state index contributed by atoms with van der Waals surface area (Å²) in [6.07, 6.45) is 2.10. The SMILES string of the molecule is COCCCNC(=S)NCCC(C)(C)C. The van der Waals surface area contributed by atoms with Gasteiger partial charge < -0.3 is 15.4 Å². The molecule has 0 atom stereocenters. The third-order valence-electron chi connectivity index (χ3n) is 1.97. The van der Waals surface area contributed by atoms with Crippen LogP contribution in [0.2, 0.25) is 0 Å². The van der Waals surface area contributed by atoms with Crippen LogP contribution in [-0.2, 0) is 4.74 Å². The second-order valence-electron chi connectivity index (χ2n) is 4.84. The van der Waals surface area contributed by atoms with Gasteiger partial charge in [0.05, 0.1) is 0 Å². The van der Waals surface area contributed by atoms with Crippen LogP contribution in [0.25, 0.3) is 0 Å². The van der Waals surface area contributed by atoms with Gasteiger partial charge in [0.25, 0.3) is 0 Å². The predicted molar refractivity (Wildman–Crippen MR) is 69.2 cm³/mol. The standard InChI is InChI=1S/C11H24N2OS/c1-11(2,3)6-8-13-10(15)12-7-5-9-14-4/h5-9H2,1-4H3,(H2,12,13,15). The molecule has 0 unspecified atom stereocenters. The van der Waals surface area contributed by atoms with Crippen molar-refractivity contribution >= 4 is 17.3 Å². The summed E-state index contributed by atoms with van der Waals surface area (Å²) in [5.41, 5.74) is 0.360. The van der Waals surface area contributed by atoms with Crippen molar-refractivity contribution in [3.05, 3.63) is 0 Å². The largest absolute Gasteiger partial charge is 0.385 e. The molecule has 0 rings (SSSR count). The van der Waals surface area contributed by atoms with E-state index < -0.39 is 0 Å². The zero-order chi connectivity index (χ0) is 11.7. The maximum absolute atomic E-state index is 5.13. The fourth-order valence-electron chi connectivity index (χ4n) is 1.03. The maximum atomic E-state index is 5.13. The second kappa shape index (κ2) is 7.88. The summed E-state index contributed by atoms with van der Waals surface area (Å²) in [6, 6.07) is 0. The number of hydrogen-bond donors (Lipinski definition) is 2. The first-order chi connectivity index (χ1) is 6.95. The number of hydrogen-bond acceptors (Lipinski definition) is 2. The van der Waals surface area contributed by atoms with Gasteiger partial charge in [-0.15, -0.1) is 0 Å². The van der Waals surface area contributed by atoms with Gasteiger partial charge in [-0.25, -0.2) is 0 Å². The first-order valence-electron chi connectivity index (χ1n) is 5.46. The van der Waals surface area contributed by atoms with Gasteiger partial charge in [-0.05, 0) is 30.5 Å². The van der Waals surface area contributed by atoms with Gasteiger partial charge in [0.1, 0.15) is 0 Å². The Morgan fingerprint density at radius 1 is 1.20 bits per heavy atom. The Hall–Kier alpha value is -0.350. The average Bonchev–Trinajstić information content (AvgIpc) is 2.10. The van der Waals surface area contributed by atoms with Crippen LogP contribution >= 0.6 is 12.2 Å². The Bertz CT molecular complexity index is 178. The number of methoxy groups -OCH3 is 1. The van der Waals surface area contributed by atoms with E-state index in [1.54, 1.807) is 7.11 Å². The van der Waals surface area contributed by atoms with Gasteiger partial charge in [-0.3, -0.25) is 0 Å². The molecule has 0 aliphatic heterocycles. The van der Waals surface area contributed by atoms with Crippen LogP contribution in [0.15, 0.2) is 0 Å². The summed E-state index contributed by atoms with van der Waals surface area (Å²) < 4.78 is 4.95. The molecule has 15 heavy (non-hydrogen) atoms. The molecule has 2 N–H and O–H groups in total. The molecule has 0 saturated heterocycles. The predicted octanol–water partition coefficient (Wildman–Crippen LogP) is 1.92. The highest BCUT2D eigenvalue weighted by Crippen LogP contribution is 2.16. The lowest BCUT2D eigenvalue weighted by Crippen LogP contribution is -2.37. The smallest absolute Gasteiger partial charge is 0.166 e. The third kappa shape index (κ3) is 11.6. The summed E-state index contributed by atoms with van der Waals surface area (Å²) in [7, 11) is 1.71. The van der Waals surface area contributed by atoms with E-state index in [-0.39, 0.29) is 0 Å². The summed E-state index contributed by atoms with van der Waals surface area (Å²) in [6.45, 7) is 9.25. The highest BCUT2D eigenvalue weighted by atomic mass is 32.1. The molecule has 0 heterocycles. The molecule has 0 aliphatic rings. The van der Waals surface area contributed by atoms with E-state index in [0.29, 0.717) is 5.41 Å². The van der Waals surface area contributed by atoms with Gasteiger partial charge in [0.15, 0.2) is 5.11 Å². The minimum atomic E-state index is 0.360. The zero-order valence-corrected chi connectivity index (χ0v) is 11.2. The highest BCUT2D eigenvalue weighted by molar-refractivity contribution is 7.80. The molecule has 0 saturated carbocycles. The van der Waals surface area contributed by atoms with Gasteiger partial charge in [0, 0.05) is 26.8 Å². The van der Waals surface area contributed by atoms with Crippen molar-refractivity contribution in [2.45, 2.75) is 33.6 Å². The van der Waals surface area contributed by atoms with E-state index in [9.17, 15) is 0 Å². The van der Waals surface area contributed by atoms with Crippen LogP contribution in [0.5, 0.6) is 0 Å². The lowest BCUT2D eigenvalue weighted by Gasteiger charge is -2.19. The van der Waals surface area contributed by atoms with Crippen molar-refractivity contribution in [3.63, 3.8) is 0 Å². The lowest BCUT2D eigenvalue weighted by atomic mass is 9.92. The fraction of sp³-hybridized carbons (Fsp3) is 0.909.